The Balaban J connectivity index is 1.39. The predicted molar refractivity (Wildman–Crippen MR) is 118 cm³/mol. The largest absolute Gasteiger partial charge is 0.411 e. The molecule has 3 N–H and O–H groups in total. The van der Waals surface area contributed by atoms with Gasteiger partial charge in [0, 0.05) is 18.5 Å². The molecule has 3 atom stereocenters. The summed E-state index contributed by atoms with van der Waals surface area (Å²) in [5, 5.41) is 30.6. The fourth-order valence-corrected chi connectivity index (χ4v) is 5.56. The first-order chi connectivity index (χ1) is 16.7. The van der Waals surface area contributed by atoms with Crippen molar-refractivity contribution in [1.82, 2.24) is 20.4 Å². The number of halogens is 3. The maximum atomic E-state index is 12.9. The fraction of sp³-hybridized carbons (Fsp3) is 0.625. The second-order valence-electron chi connectivity index (χ2n) is 9.86. The lowest BCUT2D eigenvalue weighted by atomic mass is 9.79. The van der Waals surface area contributed by atoms with Crippen LogP contribution in [0.15, 0.2) is 23.3 Å². The van der Waals surface area contributed by atoms with E-state index >= 15 is 0 Å². The average molecular weight is 492 g/mol. The van der Waals surface area contributed by atoms with Crippen molar-refractivity contribution in [3.8, 4) is 6.07 Å². The van der Waals surface area contributed by atoms with Crippen molar-refractivity contribution >= 4 is 5.91 Å². The highest BCUT2D eigenvalue weighted by atomic mass is 19.4. The number of aliphatic hydroxyl groups excluding tert-OH is 1. The van der Waals surface area contributed by atoms with Crippen LogP contribution < -0.4 is 10.6 Å². The van der Waals surface area contributed by atoms with Gasteiger partial charge in [-0.25, -0.2) is 0 Å². The normalized spacial score (nSPS) is 27.6. The quantitative estimate of drug-likeness (QED) is 0.506. The van der Waals surface area contributed by atoms with Gasteiger partial charge in [0.05, 0.1) is 23.4 Å². The number of aryl methyl sites for hydroxylation is 1. The zero-order chi connectivity index (χ0) is 24.8. The first kappa shape index (κ1) is 24.0. The third-order valence-electron chi connectivity index (χ3n) is 7.35. The summed E-state index contributed by atoms with van der Waals surface area (Å²) in [5.74, 6) is 0.185. The van der Waals surface area contributed by atoms with E-state index in [1.54, 1.807) is 10.8 Å². The minimum absolute atomic E-state index is 0.145. The molecule has 35 heavy (non-hydrogen) atoms. The maximum absolute atomic E-state index is 12.9. The van der Waals surface area contributed by atoms with E-state index in [0.717, 1.165) is 17.6 Å². The Kier molecular flexibility index (Phi) is 6.23. The minimum atomic E-state index is -4.37. The number of amides is 1. The monoisotopic (exact) mass is 491 g/mol. The molecule has 188 valence electrons. The molecule has 1 aromatic rings. The van der Waals surface area contributed by atoms with E-state index in [1.807, 2.05) is 12.1 Å². The first-order valence-electron chi connectivity index (χ1n) is 12.0. The zero-order valence-corrected chi connectivity index (χ0v) is 19.2. The molecule has 1 amide bonds. The lowest BCUT2D eigenvalue weighted by molar-refractivity contribution is -0.180. The smallest absolute Gasteiger partial charge is 0.374 e. The van der Waals surface area contributed by atoms with E-state index in [2.05, 4.69) is 10.6 Å². The second kappa shape index (κ2) is 9.08. The Bertz CT molecular complexity index is 1110. The Labute approximate surface area is 200 Å². The van der Waals surface area contributed by atoms with Gasteiger partial charge < -0.3 is 15.2 Å². The van der Waals surface area contributed by atoms with Crippen LogP contribution >= 0.6 is 0 Å². The molecule has 0 aromatic carbocycles. The van der Waals surface area contributed by atoms with Gasteiger partial charge in [-0.3, -0.25) is 14.8 Å². The molecule has 0 radical (unpaired) electrons. The number of aliphatic hydroxyl groups is 1. The van der Waals surface area contributed by atoms with Crippen molar-refractivity contribution in [3.05, 3.63) is 40.2 Å². The Hall–Kier alpha value is -2.68. The van der Waals surface area contributed by atoms with Crippen LogP contribution in [-0.2, 0) is 17.7 Å². The molecule has 0 bridgehead atoms. The highest BCUT2D eigenvalue weighted by Crippen LogP contribution is 2.47. The van der Waals surface area contributed by atoms with E-state index in [4.69, 9.17) is 15.1 Å². The van der Waals surface area contributed by atoms with Gasteiger partial charge in [-0.2, -0.15) is 23.5 Å². The van der Waals surface area contributed by atoms with Crippen molar-refractivity contribution in [3.63, 3.8) is 0 Å². The summed E-state index contributed by atoms with van der Waals surface area (Å²) in [7, 11) is 0. The van der Waals surface area contributed by atoms with Gasteiger partial charge >= 0.3 is 6.18 Å². The molecule has 2 heterocycles. The number of hydrogen-bond acceptors (Lipinski definition) is 6. The number of carbonyl (C=O) groups is 1. The van der Waals surface area contributed by atoms with Crippen LogP contribution in [-0.4, -0.2) is 51.8 Å². The SMILES string of the molecule is N#CCNC(=O)c1c2c(nn1CCC1CC1)C[C@]1(CCC3=C1C=CC(OCC(F)(F)F)C3)NC2O. The van der Waals surface area contributed by atoms with Crippen LogP contribution in [0.3, 0.4) is 0 Å². The molecule has 1 saturated carbocycles. The van der Waals surface area contributed by atoms with Gasteiger partial charge in [0.25, 0.3) is 5.91 Å². The average Bonchev–Trinajstić information content (AvgIpc) is 3.48. The summed E-state index contributed by atoms with van der Waals surface area (Å²) in [6, 6.07) is 1.90. The predicted octanol–water partition coefficient (Wildman–Crippen LogP) is 2.81. The molecule has 3 aliphatic carbocycles. The highest BCUT2D eigenvalue weighted by molar-refractivity contribution is 5.94. The number of aromatic nitrogens is 2. The number of hydrogen-bond donors (Lipinski definition) is 3. The van der Waals surface area contributed by atoms with E-state index in [1.165, 1.54) is 12.8 Å². The Morgan fingerprint density at radius 2 is 2.23 bits per heavy atom. The van der Waals surface area contributed by atoms with Crippen molar-refractivity contribution in [2.75, 3.05) is 13.2 Å². The van der Waals surface area contributed by atoms with E-state index < -0.39 is 36.6 Å². The molecule has 1 aliphatic heterocycles. The molecule has 4 aliphatic rings. The molecule has 1 fully saturated rings. The third-order valence-corrected chi connectivity index (χ3v) is 7.35. The standard InChI is InChI=1S/C24H28F3N5O3/c25-24(26,27)13-35-16-3-4-17-15(11-16)5-7-23(17)12-18-19(21(33)30-23)20(22(34)29-9-8-28)32(31-18)10-6-14-1-2-14/h3-4,14,16,21,30,33H,1-2,5-7,9-13H2,(H,29,34)/t16?,21?,23-/m0/s1. The van der Waals surface area contributed by atoms with E-state index in [-0.39, 0.29) is 12.2 Å². The van der Waals surface area contributed by atoms with Crippen molar-refractivity contribution in [2.24, 2.45) is 5.92 Å². The number of carbonyl (C=O) groups excluding carboxylic acids is 1. The van der Waals surface area contributed by atoms with Gasteiger partial charge in [0.1, 0.15) is 25.1 Å². The Morgan fingerprint density at radius 1 is 1.43 bits per heavy atom. The van der Waals surface area contributed by atoms with E-state index in [9.17, 15) is 23.1 Å². The van der Waals surface area contributed by atoms with Gasteiger partial charge in [0.2, 0.25) is 0 Å². The molecule has 1 spiro atoms. The number of alkyl halides is 3. The molecule has 11 heteroatoms. The van der Waals surface area contributed by atoms with Gasteiger partial charge in [-0.05, 0) is 37.2 Å². The summed E-state index contributed by atoms with van der Waals surface area (Å²) in [6.45, 7) is -0.878. The van der Waals surface area contributed by atoms with Gasteiger partial charge in [-0.15, -0.1) is 0 Å². The van der Waals surface area contributed by atoms with Gasteiger partial charge in [0.15, 0.2) is 0 Å². The van der Waals surface area contributed by atoms with Crippen LogP contribution in [0, 0.1) is 17.2 Å². The number of ether oxygens (including phenoxy) is 1. The number of nitriles is 1. The van der Waals surface area contributed by atoms with E-state index in [0.29, 0.717) is 49.4 Å². The van der Waals surface area contributed by atoms with Crippen molar-refractivity contribution < 1.29 is 27.8 Å². The molecular formula is C24H28F3N5O3. The zero-order valence-electron chi connectivity index (χ0n) is 19.2. The topological polar surface area (TPSA) is 112 Å². The van der Waals surface area contributed by atoms with Crippen molar-refractivity contribution in [1.29, 1.82) is 5.26 Å². The van der Waals surface area contributed by atoms with Crippen LogP contribution in [0.4, 0.5) is 13.2 Å². The van der Waals surface area contributed by atoms with Gasteiger partial charge in [-0.1, -0.05) is 30.6 Å². The van der Waals surface area contributed by atoms with Crippen LogP contribution in [0.1, 0.15) is 66.5 Å². The summed E-state index contributed by atoms with van der Waals surface area (Å²) >= 11 is 0. The number of fused-ring (bicyclic) bond motifs is 2. The molecule has 5 rings (SSSR count). The molecule has 1 aromatic heterocycles. The molecule has 0 saturated heterocycles. The lowest BCUT2D eigenvalue weighted by Gasteiger charge is -2.39. The molecule has 2 unspecified atom stereocenters. The fourth-order valence-electron chi connectivity index (χ4n) is 5.56. The summed E-state index contributed by atoms with van der Waals surface area (Å²) < 4.78 is 44.4. The number of nitrogens with one attached hydrogen (secondary N) is 2. The minimum Gasteiger partial charge on any atom is -0.374 e. The van der Waals surface area contributed by atoms with Crippen molar-refractivity contribution in [2.45, 2.75) is 75.5 Å². The first-order valence-corrected chi connectivity index (χ1v) is 12.0. The molecular weight excluding hydrogens is 463 g/mol. The highest BCUT2D eigenvalue weighted by Gasteiger charge is 2.48. The second-order valence-corrected chi connectivity index (χ2v) is 9.86. The summed E-state index contributed by atoms with van der Waals surface area (Å²) in [4.78, 5) is 12.9. The number of rotatable bonds is 7. The summed E-state index contributed by atoms with van der Waals surface area (Å²) in [5.41, 5.74) is 2.70. The van der Waals surface area contributed by atoms with Crippen LogP contribution in [0.5, 0.6) is 0 Å². The Morgan fingerprint density at radius 3 is 2.94 bits per heavy atom. The maximum Gasteiger partial charge on any atom is 0.411 e. The number of nitrogens with zero attached hydrogens (tertiary/aromatic N) is 3. The summed E-state index contributed by atoms with van der Waals surface area (Å²) in [6.07, 6.45) is 2.71. The lowest BCUT2D eigenvalue weighted by Crippen LogP contribution is -2.52. The molecule has 8 nitrogen and oxygen atoms in total. The third kappa shape index (κ3) is 4.87. The van der Waals surface area contributed by atoms with Crippen LogP contribution in [0.2, 0.25) is 0 Å². The van der Waals surface area contributed by atoms with Crippen LogP contribution in [0.25, 0.3) is 0 Å².